The Morgan fingerprint density at radius 3 is 2.62 bits per heavy atom. The van der Waals surface area contributed by atoms with Gasteiger partial charge in [-0.3, -0.25) is 0 Å². The smallest absolute Gasteiger partial charge is 0.138 e. The lowest BCUT2D eigenvalue weighted by Crippen LogP contribution is -2.17. The molecule has 70 valence electrons. The molecule has 0 unspecified atom stereocenters. The van der Waals surface area contributed by atoms with Crippen molar-refractivity contribution in [2.75, 3.05) is 6.61 Å². The number of rotatable bonds is 3. The molecule has 0 heterocycles. The van der Waals surface area contributed by atoms with Crippen LogP contribution in [0.5, 0.6) is 5.75 Å². The van der Waals surface area contributed by atoms with Crippen LogP contribution in [0.1, 0.15) is 0 Å². The average Bonchev–Trinajstić information content (AvgIpc) is 2.07. The molecule has 2 nitrogen and oxygen atoms in total. The van der Waals surface area contributed by atoms with E-state index < -0.39 is 0 Å². The van der Waals surface area contributed by atoms with Gasteiger partial charge in [-0.15, -0.1) is 0 Å². The highest BCUT2D eigenvalue weighted by Gasteiger charge is 2.00. The Labute approximate surface area is 91.6 Å². The molecule has 1 aromatic carbocycles. The van der Waals surface area contributed by atoms with Crippen molar-refractivity contribution in [3.05, 3.63) is 28.2 Å². The SMILES string of the molecule is NC(=S)COc1ccc(Cl)c(Cl)c1. The highest BCUT2D eigenvalue weighted by molar-refractivity contribution is 7.80. The third kappa shape index (κ3) is 3.38. The molecule has 0 aromatic heterocycles. The summed E-state index contributed by atoms with van der Waals surface area (Å²) in [5, 5.41) is 0.937. The molecule has 0 radical (unpaired) electrons. The van der Waals surface area contributed by atoms with Gasteiger partial charge in [0.2, 0.25) is 0 Å². The van der Waals surface area contributed by atoms with E-state index in [1.165, 1.54) is 0 Å². The largest absolute Gasteiger partial charge is 0.486 e. The molecule has 2 N–H and O–H groups in total. The van der Waals surface area contributed by atoms with Crippen LogP contribution in [0.2, 0.25) is 10.0 Å². The van der Waals surface area contributed by atoms with Crippen molar-refractivity contribution >= 4 is 40.4 Å². The standard InChI is InChI=1S/C8H7Cl2NOS/c9-6-2-1-5(3-7(6)10)12-4-8(11)13/h1-3H,4H2,(H2,11,13). The molecule has 0 aliphatic carbocycles. The Kier molecular flexibility index (Phi) is 3.78. The number of thiocarbonyl (C=S) groups is 1. The van der Waals surface area contributed by atoms with E-state index in [1.54, 1.807) is 18.2 Å². The van der Waals surface area contributed by atoms with Crippen LogP contribution >= 0.6 is 35.4 Å². The molecule has 0 fully saturated rings. The second kappa shape index (κ2) is 4.65. The summed E-state index contributed by atoms with van der Waals surface area (Å²) in [4.78, 5) is 0.297. The first-order chi connectivity index (χ1) is 6.09. The van der Waals surface area contributed by atoms with E-state index in [9.17, 15) is 0 Å². The van der Waals surface area contributed by atoms with Gasteiger partial charge in [0.25, 0.3) is 0 Å². The molecular weight excluding hydrogens is 229 g/mol. The average molecular weight is 236 g/mol. The summed E-state index contributed by atoms with van der Waals surface area (Å²) in [6.07, 6.45) is 0. The molecule has 0 saturated heterocycles. The van der Waals surface area contributed by atoms with Crippen molar-refractivity contribution in [1.82, 2.24) is 0 Å². The van der Waals surface area contributed by atoms with Gasteiger partial charge in [-0.25, -0.2) is 0 Å². The van der Waals surface area contributed by atoms with Crippen LogP contribution in [0.15, 0.2) is 18.2 Å². The fourth-order valence-corrected chi connectivity index (χ4v) is 1.07. The second-order valence-corrected chi connectivity index (χ2v) is 3.67. The maximum Gasteiger partial charge on any atom is 0.138 e. The number of nitrogens with two attached hydrogens (primary N) is 1. The number of ether oxygens (including phenoxy) is 1. The summed E-state index contributed by atoms with van der Waals surface area (Å²) in [6, 6.07) is 4.97. The molecular formula is C8H7Cl2NOS. The quantitative estimate of drug-likeness (QED) is 0.819. The van der Waals surface area contributed by atoms with Crippen LogP contribution in [-0.2, 0) is 0 Å². The van der Waals surface area contributed by atoms with E-state index in [-0.39, 0.29) is 6.61 Å². The number of halogens is 2. The monoisotopic (exact) mass is 235 g/mol. The van der Waals surface area contributed by atoms with Crippen molar-refractivity contribution in [3.63, 3.8) is 0 Å². The van der Waals surface area contributed by atoms with E-state index in [0.717, 1.165) is 0 Å². The van der Waals surface area contributed by atoms with E-state index >= 15 is 0 Å². The van der Waals surface area contributed by atoms with E-state index in [1.807, 2.05) is 0 Å². The van der Waals surface area contributed by atoms with Gasteiger partial charge in [0.05, 0.1) is 10.0 Å². The Bertz CT molecular complexity index is 330. The zero-order valence-electron chi connectivity index (χ0n) is 6.59. The molecule has 0 saturated carbocycles. The van der Waals surface area contributed by atoms with Crippen LogP contribution in [0.3, 0.4) is 0 Å². The topological polar surface area (TPSA) is 35.2 Å². The molecule has 0 amide bonds. The summed E-state index contributed by atoms with van der Waals surface area (Å²) in [7, 11) is 0. The number of benzene rings is 1. The number of hydrogen-bond acceptors (Lipinski definition) is 2. The molecule has 1 aromatic rings. The minimum absolute atomic E-state index is 0.202. The first-order valence-electron chi connectivity index (χ1n) is 3.46. The Hall–Kier alpha value is -0.510. The van der Waals surface area contributed by atoms with Gasteiger partial charge >= 0.3 is 0 Å². The van der Waals surface area contributed by atoms with E-state index in [0.29, 0.717) is 20.8 Å². The molecule has 1 rings (SSSR count). The normalized spacial score (nSPS) is 9.69. The van der Waals surface area contributed by atoms with Crippen molar-refractivity contribution in [2.24, 2.45) is 5.73 Å². The summed E-state index contributed by atoms with van der Waals surface area (Å²) in [5.41, 5.74) is 5.26. The Morgan fingerprint density at radius 1 is 1.38 bits per heavy atom. The zero-order chi connectivity index (χ0) is 9.84. The maximum absolute atomic E-state index is 5.75. The van der Waals surface area contributed by atoms with Crippen LogP contribution in [0.25, 0.3) is 0 Å². The second-order valence-electron chi connectivity index (χ2n) is 2.33. The van der Waals surface area contributed by atoms with Gasteiger partial charge in [-0.2, -0.15) is 0 Å². The minimum atomic E-state index is 0.202. The van der Waals surface area contributed by atoms with Crippen LogP contribution in [0, 0.1) is 0 Å². The van der Waals surface area contributed by atoms with E-state index in [2.05, 4.69) is 12.2 Å². The van der Waals surface area contributed by atoms with Crippen molar-refractivity contribution in [1.29, 1.82) is 0 Å². The van der Waals surface area contributed by atoms with Crippen molar-refractivity contribution in [3.8, 4) is 5.75 Å². The third-order valence-corrected chi connectivity index (χ3v) is 2.13. The van der Waals surface area contributed by atoms with Gasteiger partial charge < -0.3 is 10.5 Å². The van der Waals surface area contributed by atoms with Crippen LogP contribution in [0.4, 0.5) is 0 Å². The molecule has 0 aliphatic rings. The first-order valence-corrected chi connectivity index (χ1v) is 4.62. The molecule has 0 bridgehead atoms. The zero-order valence-corrected chi connectivity index (χ0v) is 8.92. The molecule has 13 heavy (non-hydrogen) atoms. The maximum atomic E-state index is 5.75. The molecule has 0 spiro atoms. The predicted octanol–water partition coefficient (Wildman–Crippen LogP) is 2.66. The summed E-state index contributed by atoms with van der Waals surface area (Å²) >= 11 is 16.1. The predicted molar refractivity (Wildman–Crippen MR) is 58.7 cm³/mol. The van der Waals surface area contributed by atoms with Gasteiger partial charge in [0.1, 0.15) is 17.3 Å². The molecule has 5 heteroatoms. The Morgan fingerprint density at radius 2 is 2.08 bits per heavy atom. The molecule has 0 aliphatic heterocycles. The van der Waals surface area contributed by atoms with E-state index in [4.69, 9.17) is 33.7 Å². The van der Waals surface area contributed by atoms with Crippen molar-refractivity contribution < 1.29 is 4.74 Å². The van der Waals surface area contributed by atoms with Crippen LogP contribution < -0.4 is 10.5 Å². The Balaban J connectivity index is 2.68. The van der Waals surface area contributed by atoms with Gasteiger partial charge in [-0.05, 0) is 12.1 Å². The lowest BCUT2D eigenvalue weighted by Gasteiger charge is -2.05. The summed E-state index contributed by atoms with van der Waals surface area (Å²) in [6.45, 7) is 0.202. The highest BCUT2D eigenvalue weighted by Crippen LogP contribution is 2.26. The van der Waals surface area contributed by atoms with Gasteiger partial charge in [0.15, 0.2) is 0 Å². The van der Waals surface area contributed by atoms with Crippen LogP contribution in [-0.4, -0.2) is 11.6 Å². The lowest BCUT2D eigenvalue weighted by atomic mass is 10.3. The minimum Gasteiger partial charge on any atom is -0.486 e. The summed E-state index contributed by atoms with van der Waals surface area (Å²) in [5.74, 6) is 0.599. The van der Waals surface area contributed by atoms with Gasteiger partial charge in [-0.1, -0.05) is 35.4 Å². The van der Waals surface area contributed by atoms with Crippen molar-refractivity contribution in [2.45, 2.75) is 0 Å². The first kappa shape index (κ1) is 10.6. The lowest BCUT2D eigenvalue weighted by molar-refractivity contribution is 0.377. The summed E-state index contributed by atoms with van der Waals surface area (Å²) < 4.78 is 5.19. The fraction of sp³-hybridized carbons (Fsp3) is 0.125. The fourth-order valence-electron chi connectivity index (χ4n) is 0.721. The van der Waals surface area contributed by atoms with Gasteiger partial charge in [0, 0.05) is 6.07 Å². The highest BCUT2D eigenvalue weighted by atomic mass is 35.5. The number of hydrogen-bond donors (Lipinski definition) is 1. The third-order valence-electron chi connectivity index (χ3n) is 1.27. The molecule has 0 atom stereocenters.